The van der Waals surface area contributed by atoms with E-state index >= 15 is 0 Å². The van der Waals surface area contributed by atoms with Crippen LogP contribution in [0.3, 0.4) is 0 Å². The molecule has 0 amide bonds. The van der Waals surface area contributed by atoms with Crippen molar-refractivity contribution in [2.75, 3.05) is 6.73 Å². The molecule has 1 aliphatic carbocycles. The summed E-state index contributed by atoms with van der Waals surface area (Å²) in [6.45, 7) is 0.667. The van der Waals surface area contributed by atoms with E-state index in [1.54, 1.807) is 0 Å². The van der Waals surface area contributed by atoms with Gasteiger partial charge in [-0.1, -0.05) is 36.4 Å². The van der Waals surface area contributed by atoms with Gasteiger partial charge in [0.1, 0.15) is 6.10 Å². The largest absolute Gasteiger partial charge is 0.356 e. The molecule has 0 radical (unpaired) electrons. The minimum atomic E-state index is 0.228. The first-order valence-corrected chi connectivity index (χ1v) is 5.32. The van der Waals surface area contributed by atoms with Gasteiger partial charge in [0.25, 0.3) is 0 Å². The van der Waals surface area contributed by atoms with Gasteiger partial charge in [-0.15, -0.1) is 0 Å². The third-order valence-corrected chi connectivity index (χ3v) is 3.48. The Morgan fingerprint density at radius 2 is 1.87 bits per heavy atom. The summed E-state index contributed by atoms with van der Waals surface area (Å²) in [6.07, 6.45) is 0.228. The van der Waals surface area contributed by atoms with Gasteiger partial charge in [-0.3, -0.25) is 5.32 Å². The summed E-state index contributed by atoms with van der Waals surface area (Å²) in [4.78, 5) is 0. The van der Waals surface area contributed by atoms with Crippen molar-refractivity contribution in [2.24, 2.45) is 0 Å². The Bertz CT molecular complexity index is 504. The van der Waals surface area contributed by atoms with Crippen molar-refractivity contribution in [2.45, 2.75) is 12.1 Å². The minimum absolute atomic E-state index is 0.228. The molecule has 2 aromatic rings. The Morgan fingerprint density at radius 3 is 2.73 bits per heavy atom. The lowest BCUT2D eigenvalue weighted by atomic mass is 10.0. The number of nitrogens with one attached hydrogen (secondary N) is 1. The van der Waals surface area contributed by atoms with Crippen LogP contribution in [0.15, 0.2) is 36.4 Å². The average molecular weight is 197 g/mol. The molecule has 2 aromatic carbocycles. The van der Waals surface area contributed by atoms with Crippen LogP contribution in [0.1, 0.15) is 23.3 Å². The average Bonchev–Trinajstić information content (AvgIpc) is 2.84. The molecule has 0 spiro atoms. The van der Waals surface area contributed by atoms with Gasteiger partial charge in [-0.25, -0.2) is 0 Å². The minimum Gasteiger partial charge on any atom is -0.356 e. The van der Waals surface area contributed by atoms with Crippen LogP contribution in [0.4, 0.5) is 0 Å². The van der Waals surface area contributed by atoms with Crippen molar-refractivity contribution in [3.63, 3.8) is 0 Å². The normalized spacial score (nSPS) is 27.2. The summed E-state index contributed by atoms with van der Waals surface area (Å²) in [5.41, 5.74) is 2.74. The van der Waals surface area contributed by atoms with E-state index in [0.29, 0.717) is 12.8 Å². The molecule has 0 bridgehead atoms. The number of benzene rings is 2. The molecule has 2 unspecified atom stereocenters. The molecular formula is C13H11NO. The predicted octanol–water partition coefficient (Wildman–Crippen LogP) is 2.51. The number of fused-ring (bicyclic) bond motifs is 3. The molecule has 0 saturated carbocycles. The Hall–Kier alpha value is -1.38. The molecule has 2 nitrogen and oxygen atoms in total. The van der Waals surface area contributed by atoms with Gasteiger partial charge in [0.05, 0.1) is 12.8 Å². The molecule has 74 valence electrons. The van der Waals surface area contributed by atoms with Crippen LogP contribution in [-0.2, 0) is 4.74 Å². The number of rotatable bonds is 0. The molecule has 1 saturated heterocycles. The van der Waals surface area contributed by atoms with Crippen molar-refractivity contribution in [3.8, 4) is 0 Å². The summed E-state index contributed by atoms with van der Waals surface area (Å²) in [5.74, 6) is 0. The van der Waals surface area contributed by atoms with Crippen molar-refractivity contribution < 1.29 is 4.74 Å². The van der Waals surface area contributed by atoms with E-state index in [4.69, 9.17) is 4.74 Å². The van der Waals surface area contributed by atoms with Crippen LogP contribution in [0, 0.1) is 0 Å². The summed E-state index contributed by atoms with van der Waals surface area (Å²) in [7, 11) is 0. The van der Waals surface area contributed by atoms with Crippen molar-refractivity contribution in [1.29, 1.82) is 0 Å². The number of hydrogen-bond acceptors (Lipinski definition) is 2. The van der Waals surface area contributed by atoms with Gasteiger partial charge in [-0.2, -0.15) is 0 Å². The number of hydrogen-bond donors (Lipinski definition) is 1. The first-order valence-electron chi connectivity index (χ1n) is 5.32. The van der Waals surface area contributed by atoms with Gasteiger partial charge in [-0.05, 0) is 21.9 Å². The van der Waals surface area contributed by atoms with E-state index in [0.717, 1.165) is 0 Å². The SMILES string of the molecule is c1cc2c3c(cccc3c1)C1OCNC21. The fourth-order valence-corrected chi connectivity index (χ4v) is 2.87. The van der Waals surface area contributed by atoms with Gasteiger partial charge < -0.3 is 4.74 Å². The molecule has 2 atom stereocenters. The highest BCUT2D eigenvalue weighted by atomic mass is 16.5. The molecule has 1 N–H and O–H groups in total. The zero-order valence-corrected chi connectivity index (χ0v) is 8.23. The van der Waals surface area contributed by atoms with E-state index in [2.05, 4.69) is 41.7 Å². The van der Waals surface area contributed by atoms with E-state index in [1.807, 2.05) is 0 Å². The fourth-order valence-electron chi connectivity index (χ4n) is 2.87. The lowest BCUT2D eigenvalue weighted by Crippen LogP contribution is -2.13. The Kier molecular flexibility index (Phi) is 1.36. The Labute approximate surface area is 87.9 Å². The molecule has 4 rings (SSSR count). The van der Waals surface area contributed by atoms with Crippen molar-refractivity contribution >= 4 is 10.8 Å². The highest BCUT2D eigenvalue weighted by Crippen LogP contribution is 2.47. The highest BCUT2D eigenvalue weighted by molar-refractivity contribution is 5.92. The summed E-state index contributed by atoms with van der Waals surface area (Å²) < 4.78 is 5.74. The maximum atomic E-state index is 5.74. The highest BCUT2D eigenvalue weighted by Gasteiger charge is 2.38. The summed E-state index contributed by atoms with van der Waals surface area (Å²) >= 11 is 0. The van der Waals surface area contributed by atoms with E-state index in [1.165, 1.54) is 21.9 Å². The van der Waals surface area contributed by atoms with Gasteiger partial charge >= 0.3 is 0 Å². The summed E-state index contributed by atoms with van der Waals surface area (Å²) in [5, 5.41) is 6.12. The van der Waals surface area contributed by atoms with Crippen LogP contribution in [0.25, 0.3) is 10.8 Å². The van der Waals surface area contributed by atoms with Crippen LogP contribution >= 0.6 is 0 Å². The van der Waals surface area contributed by atoms with E-state index in [9.17, 15) is 0 Å². The third-order valence-electron chi connectivity index (χ3n) is 3.48. The van der Waals surface area contributed by atoms with Gasteiger partial charge in [0.15, 0.2) is 0 Å². The van der Waals surface area contributed by atoms with E-state index in [-0.39, 0.29) is 6.10 Å². The second-order valence-corrected chi connectivity index (χ2v) is 4.21. The standard InChI is InChI=1S/C13H11NO/c1-3-8-4-2-6-10-11(8)9(5-1)12-13(10)15-7-14-12/h1-6,12-14H,7H2. The zero-order valence-electron chi connectivity index (χ0n) is 8.23. The maximum Gasteiger partial charge on any atom is 0.104 e. The first kappa shape index (κ1) is 7.85. The molecule has 15 heavy (non-hydrogen) atoms. The monoisotopic (exact) mass is 197 g/mol. The lowest BCUT2D eigenvalue weighted by Gasteiger charge is -2.08. The smallest absolute Gasteiger partial charge is 0.104 e. The lowest BCUT2D eigenvalue weighted by molar-refractivity contribution is 0.107. The fraction of sp³-hybridized carbons (Fsp3) is 0.231. The maximum absolute atomic E-state index is 5.74. The van der Waals surface area contributed by atoms with Gasteiger partial charge in [0.2, 0.25) is 0 Å². The van der Waals surface area contributed by atoms with Crippen LogP contribution in [0.5, 0.6) is 0 Å². The van der Waals surface area contributed by atoms with Crippen molar-refractivity contribution in [1.82, 2.24) is 5.32 Å². The molecule has 1 aliphatic heterocycles. The van der Waals surface area contributed by atoms with E-state index < -0.39 is 0 Å². The quantitative estimate of drug-likeness (QED) is 0.700. The molecular weight excluding hydrogens is 186 g/mol. The van der Waals surface area contributed by atoms with Crippen LogP contribution in [0.2, 0.25) is 0 Å². The molecule has 0 aromatic heterocycles. The molecule has 2 aliphatic rings. The summed E-state index contributed by atoms with van der Waals surface area (Å²) in [6, 6.07) is 13.3. The van der Waals surface area contributed by atoms with Crippen molar-refractivity contribution in [3.05, 3.63) is 47.5 Å². The first-order chi connectivity index (χ1) is 7.45. The van der Waals surface area contributed by atoms with Gasteiger partial charge in [0, 0.05) is 0 Å². The number of ether oxygens (including phenoxy) is 1. The molecule has 1 fully saturated rings. The second kappa shape index (κ2) is 2.60. The Balaban J connectivity index is 2.15. The molecule has 1 heterocycles. The molecule has 2 heteroatoms. The van der Waals surface area contributed by atoms with Crippen LogP contribution < -0.4 is 5.32 Å². The predicted molar refractivity (Wildman–Crippen MR) is 58.5 cm³/mol. The Morgan fingerprint density at radius 1 is 1.07 bits per heavy atom. The zero-order chi connectivity index (χ0) is 9.83. The second-order valence-electron chi connectivity index (χ2n) is 4.21. The topological polar surface area (TPSA) is 21.3 Å². The van der Waals surface area contributed by atoms with Crippen LogP contribution in [-0.4, -0.2) is 6.73 Å². The third kappa shape index (κ3) is 0.863.